The van der Waals surface area contributed by atoms with Crippen LogP contribution in [0.5, 0.6) is 0 Å². The lowest BCUT2D eigenvalue weighted by molar-refractivity contribution is -0.140. The molecule has 3 rings (SSSR count). The van der Waals surface area contributed by atoms with E-state index in [9.17, 15) is 9.59 Å². The maximum Gasteiger partial charge on any atom is 0.239 e. The number of imide groups is 1. The Morgan fingerprint density at radius 2 is 2.13 bits per heavy atom. The number of thioether (sulfide) groups is 1. The first-order valence-electron chi connectivity index (χ1n) is 7.29. The van der Waals surface area contributed by atoms with Gasteiger partial charge in [-0.2, -0.15) is 0 Å². The Morgan fingerprint density at radius 1 is 1.30 bits per heavy atom. The van der Waals surface area contributed by atoms with Crippen molar-refractivity contribution in [3.8, 4) is 0 Å². The number of carbonyl (C=O) groups excluding carboxylic acids is 2. The molecule has 8 heteroatoms. The Morgan fingerprint density at radius 3 is 2.87 bits per heavy atom. The highest BCUT2D eigenvalue weighted by Gasteiger charge is 2.26. The van der Waals surface area contributed by atoms with E-state index >= 15 is 0 Å². The number of nitrogens with zero attached hydrogens (tertiary/aromatic N) is 3. The number of amides is 2. The third kappa shape index (κ3) is 4.29. The monoisotopic (exact) mass is 348 g/mol. The molecule has 1 saturated heterocycles. The SMILES string of the molecule is O=C1CCCN1C(=O)CSc1nnc(NCc2ccccc2)s1. The van der Waals surface area contributed by atoms with Gasteiger partial charge >= 0.3 is 0 Å². The van der Waals surface area contributed by atoms with E-state index in [0.717, 1.165) is 15.9 Å². The summed E-state index contributed by atoms with van der Waals surface area (Å²) in [6.45, 7) is 1.22. The number of hydrogen-bond donors (Lipinski definition) is 1. The number of benzene rings is 1. The van der Waals surface area contributed by atoms with E-state index in [1.54, 1.807) is 0 Å². The highest BCUT2D eigenvalue weighted by molar-refractivity contribution is 8.01. The van der Waals surface area contributed by atoms with Gasteiger partial charge in [0.25, 0.3) is 0 Å². The van der Waals surface area contributed by atoms with Gasteiger partial charge in [-0.05, 0) is 12.0 Å². The standard InChI is InChI=1S/C15H16N4O2S2/c20-12-7-4-8-19(12)13(21)10-22-15-18-17-14(23-15)16-9-11-5-2-1-3-6-11/h1-3,5-6H,4,7-10H2,(H,16,17). The van der Waals surface area contributed by atoms with E-state index < -0.39 is 0 Å². The molecular formula is C15H16N4O2S2. The molecule has 6 nitrogen and oxygen atoms in total. The van der Waals surface area contributed by atoms with Crippen LogP contribution in [0.15, 0.2) is 34.7 Å². The smallest absolute Gasteiger partial charge is 0.239 e. The zero-order valence-electron chi connectivity index (χ0n) is 12.4. The highest BCUT2D eigenvalue weighted by atomic mass is 32.2. The largest absolute Gasteiger partial charge is 0.356 e. The lowest BCUT2D eigenvalue weighted by atomic mass is 10.2. The average Bonchev–Trinajstić information content (AvgIpc) is 3.20. The van der Waals surface area contributed by atoms with E-state index in [1.165, 1.54) is 33.6 Å². The third-order valence-corrected chi connectivity index (χ3v) is 5.39. The molecule has 2 amide bonds. The molecule has 1 fully saturated rings. The van der Waals surface area contributed by atoms with Crippen molar-refractivity contribution in [3.63, 3.8) is 0 Å². The van der Waals surface area contributed by atoms with Crippen molar-refractivity contribution in [2.75, 3.05) is 17.6 Å². The first-order valence-corrected chi connectivity index (χ1v) is 9.10. The van der Waals surface area contributed by atoms with Crippen LogP contribution in [0, 0.1) is 0 Å². The summed E-state index contributed by atoms with van der Waals surface area (Å²) in [5, 5.41) is 12.1. The lowest BCUT2D eigenvalue weighted by Crippen LogP contribution is -2.33. The summed E-state index contributed by atoms with van der Waals surface area (Å²) in [5.74, 6) is 0.00330. The lowest BCUT2D eigenvalue weighted by Gasteiger charge is -2.11. The van der Waals surface area contributed by atoms with E-state index in [2.05, 4.69) is 15.5 Å². The number of rotatable bonds is 6. The van der Waals surface area contributed by atoms with Gasteiger partial charge < -0.3 is 5.32 Å². The number of aromatic nitrogens is 2. The van der Waals surface area contributed by atoms with Crippen molar-refractivity contribution in [1.29, 1.82) is 0 Å². The second-order valence-electron chi connectivity index (χ2n) is 5.04. The second-order valence-corrected chi connectivity index (χ2v) is 7.24. The van der Waals surface area contributed by atoms with Crippen LogP contribution in [0.1, 0.15) is 18.4 Å². The molecule has 2 aromatic rings. The van der Waals surface area contributed by atoms with Crippen molar-refractivity contribution in [1.82, 2.24) is 15.1 Å². The third-order valence-electron chi connectivity index (χ3n) is 3.39. The van der Waals surface area contributed by atoms with Crippen LogP contribution < -0.4 is 5.32 Å². The van der Waals surface area contributed by atoms with Gasteiger partial charge in [0.05, 0.1) is 5.75 Å². The van der Waals surface area contributed by atoms with Crippen LogP contribution in [0.2, 0.25) is 0 Å². The quantitative estimate of drug-likeness (QED) is 0.808. The van der Waals surface area contributed by atoms with E-state index in [0.29, 0.717) is 19.5 Å². The molecule has 0 saturated carbocycles. The topological polar surface area (TPSA) is 75.2 Å². The minimum atomic E-state index is -0.147. The van der Waals surface area contributed by atoms with Crippen LogP contribution in [0.4, 0.5) is 5.13 Å². The fourth-order valence-electron chi connectivity index (χ4n) is 2.23. The average molecular weight is 348 g/mol. The fraction of sp³-hybridized carbons (Fsp3) is 0.333. The number of likely N-dealkylation sites (tertiary alicyclic amines) is 1. The summed E-state index contributed by atoms with van der Waals surface area (Å²) in [6.07, 6.45) is 1.24. The van der Waals surface area contributed by atoms with Crippen molar-refractivity contribution in [3.05, 3.63) is 35.9 Å². The van der Waals surface area contributed by atoms with E-state index in [4.69, 9.17) is 0 Å². The van der Waals surface area contributed by atoms with E-state index in [-0.39, 0.29) is 17.6 Å². The zero-order chi connectivity index (χ0) is 16.1. The number of hydrogen-bond acceptors (Lipinski definition) is 7. The molecule has 1 aliphatic rings. The molecule has 0 aliphatic carbocycles. The summed E-state index contributed by atoms with van der Waals surface area (Å²) in [7, 11) is 0. The summed E-state index contributed by atoms with van der Waals surface area (Å²) in [5.41, 5.74) is 1.17. The summed E-state index contributed by atoms with van der Waals surface area (Å²) in [6, 6.07) is 10.0. The molecular weight excluding hydrogens is 332 g/mol. The van der Waals surface area contributed by atoms with Gasteiger partial charge in [0.1, 0.15) is 0 Å². The van der Waals surface area contributed by atoms with Gasteiger partial charge in [0.15, 0.2) is 4.34 Å². The molecule has 0 bridgehead atoms. The number of carbonyl (C=O) groups is 2. The van der Waals surface area contributed by atoms with Crippen molar-refractivity contribution >= 4 is 40.0 Å². The molecule has 1 N–H and O–H groups in total. The van der Waals surface area contributed by atoms with Gasteiger partial charge in [-0.3, -0.25) is 14.5 Å². The zero-order valence-corrected chi connectivity index (χ0v) is 14.0. The minimum absolute atomic E-state index is 0.0712. The van der Waals surface area contributed by atoms with Crippen LogP contribution in [-0.2, 0) is 16.1 Å². The molecule has 0 radical (unpaired) electrons. The molecule has 0 atom stereocenters. The van der Waals surface area contributed by atoms with Gasteiger partial charge in [-0.15, -0.1) is 10.2 Å². The summed E-state index contributed by atoms with van der Waals surface area (Å²) in [4.78, 5) is 24.8. The minimum Gasteiger partial charge on any atom is -0.356 e. The van der Waals surface area contributed by atoms with Crippen molar-refractivity contribution in [2.24, 2.45) is 0 Å². The normalized spacial score (nSPS) is 14.3. The Kier molecular flexibility index (Phi) is 5.24. The predicted octanol–water partition coefficient (Wildman–Crippen LogP) is 2.39. The molecule has 0 spiro atoms. The Balaban J connectivity index is 1.47. The maximum atomic E-state index is 12.0. The Hall–Kier alpha value is -1.93. The van der Waals surface area contributed by atoms with Crippen LogP contribution in [0.25, 0.3) is 0 Å². The molecule has 1 aromatic carbocycles. The highest BCUT2D eigenvalue weighted by Crippen LogP contribution is 2.26. The molecule has 2 heterocycles. The Bertz CT molecular complexity index is 690. The first-order chi connectivity index (χ1) is 11.2. The number of anilines is 1. The molecule has 1 aliphatic heterocycles. The second kappa shape index (κ2) is 7.56. The van der Waals surface area contributed by atoms with Gasteiger partial charge in [-0.25, -0.2) is 0 Å². The van der Waals surface area contributed by atoms with Crippen molar-refractivity contribution < 1.29 is 9.59 Å². The van der Waals surface area contributed by atoms with Crippen LogP contribution in [-0.4, -0.2) is 39.2 Å². The van der Waals surface area contributed by atoms with Crippen LogP contribution in [0.3, 0.4) is 0 Å². The summed E-state index contributed by atoms with van der Waals surface area (Å²) >= 11 is 2.73. The molecule has 120 valence electrons. The van der Waals surface area contributed by atoms with Gasteiger partial charge in [0, 0.05) is 19.5 Å². The van der Waals surface area contributed by atoms with E-state index in [1.807, 2.05) is 30.3 Å². The molecule has 23 heavy (non-hydrogen) atoms. The van der Waals surface area contributed by atoms with Gasteiger partial charge in [-0.1, -0.05) is 53.4 Å². The molecule has 0 unspecified atom stereocenters. The predicted molar refractivity (Wildman–Crippen MR) is 90.4 cm³/mol. The Labute approximate surface area is 142 Å². The molecule has 1 aromatic heterocycles. The van der Waals surface area contributed by atoms with Gasteiger partial charge in [0.2, 0.25) is 16.9 Å². The number of nitrogens with one attached hydrogen (secondary N) is 1. The van der Waals surface area contributed by atoms with Crippen molar-refractivity contribution in [2.45, 2.75) is 23.7 Å². The first kappa shape index (κ1) is 15.9. The maximum absolute atomic E-state index is 12.0. The summed E-state index contributed by atoms with van der Waals surface area (Å²) < 4.78 is 0.723. The van der Waals surface area contributed by atoms with Crippen LogP contribution >= 0.6 is 23.1 Å². The fourth-order valence-corrected chi connectivity index (χ4v) is 3.85.